The number of carboxylic acid groups (broad SMARTS) is 1. The van der Waals surface area contributed by atoms with E-state index in [0.717, 1.165) is 13.1 Å². The number of nitrogens with one attached hydrogen (secondary N) is 1. The number of likely N-dealkylation sites (tertiary alicyclic amines) is 1. The van der Waals surface area contributed by atoms with Crippen LogP contribution >= 0.6 is 0 Å². The average Bonchev–Trinajstić information content (AvgIpc) is 2.26. The van der Waals surface area contributed by atoms with Gasteiger partial charge < -0.3 is 10.4 Å². The average molecular weight is 240 g/mol. The van der Waals surface area contributed by atoms with E-state index in [9.17, 15) is 9.59 Å². The molecule has 2 N–H and O–H groups in total. The number of aliphatic carboxylic acids is 1. The summed E-state index contributed by atoms with van der Waals surface area (Å²) in [6.45, 7) is 2.08. The molecule has 1 aliphatic heterocycles. The third-order valence-corrected chi connectivity index (χ3v) is 3.84. The minimum absolute atomic E-state index is 0.182. The summed E-state index contributed by atoms with van der Waals surface area (Å²) in [6.07, 6.45) is 6.57. The lowest BCUT2D eigenvalue weighted by molar-refractivity contribution is -0.138. The van der Waals surface area contributed by atoms with Crippen molar-refractivity contribution in [1.82, 2.24) is 10.2 Å². The molecule has 1 saturated heterocycles. The first kappa shape index (κ1) is 12.4. The number of hydrogen-bond acceptors (Lipinski definition) is 3. The van der Waals surface area contributed by atoms with Gasteiger partial charge in [-0.1, -0.05) is 19.3 Å². The Kier molecular flexibility index (Phi) is 3.66. The molecule has 0 aromatic carbocycles. The van der Waals surface area contributed by atoms with Crippen LogP contribution in [-0.4, -0.2) is 48.1 Å². The van der Waals surface area contributed by atoms with Crippen LogP contribution in [-0.2, 0) is 9.59 Å². The quantitative estimate of drug-likeness (QED) is 0.748. The van der Waals surface area contributed by atoms with Gasteiger partial charge in [0.25, 0.3) is 0 Å². The molecule has 0 unspecified atom stereocenters. The predicted octanol–water partition coefficient (Wildman–Crippen LogP) is 0.453. The molecular formula is C12H20N2O3. The first-order valence-corrected chi connectivity index (χ1v) is 6.31. The van der Waals surface area contributed by atoms with Crippen LogP contribution in [0.15, 0.2) is 0 Å². The van der Waals surface area contributed by atoms with E-state index in [4.69, 9.17) is 5.11 Å². The third-order valence-electron chi connectivity index (χ3n) is 3.84. The Morgan fingerprint density at radius 2 is 1.82 bits per heavy atom. The molecule has 1 aliphatic carbocycles. The molecule has 2 aliphatic rings. The molecule has 5 nitrogen and oxygen atoms in total. The van der Waals surface area contributed by atoms with Crippen molar-refractivity contribution in [3.63, 3.8) is 0 Å². The summed E-state index contributed by atoms with van der Waals surface area (Å²) in [7, 11) is 0. The molecule has 96 valence electrons. The highest BCUT2D eigenvalue weighted by Gasteiger charge is 2.43. The van der Waals surface area contributed by atoms with Crippen molar-refractivity contribution < 1.29 is 14.7 Å². The molecule has 1 spiro atoms. The summed E-state index contributed by atoms with van der Waals surface area (Å²) in [5, 5.41) is 10.8. The van der Waals surface area contributed by atoms with Crippen LogP contribution in [0.4, 0.5) is 0 Å². The molecule has 0 bridgehead atoms. The number of amides is 1. The van der Waals surface area contributed by atoms with Crippen LogP contribution in [0.3, 0.4) is 0 Å². The molecule has 0 aromatic rings. The number of hydrogen-bond donors (Lipinski definition) is 2. The highest BCUT2D eigenvalue weighted by atomic mass is 16.4. The summed E-state index contributed by atoms with van der Waals surface area (Å²) in [5.74, 6) is -1.18. The van der Waals surface area contributed by atoms with E-state index in [-0.39, 0.29) is 12.5 Å². The molecule has 0 radical (unpaired) electrons. The largest absolute Gasteiger partial charge is 0.480 e. The van der Waals surface area contributed by atoms with Gasteiger partial charge in [0.15, 0.2) is 0 Å². The number of carboxylic acids is 1. The van der Waals surface area contributed by atoms with Gasteiger partial charge in [0.2, 0.25) is 5.91 Å². The Morgan fingerprint density at radius 1 is 1.18 bits per heavy atom. The second-order valence-electron chi connectivity index (χ2n) is 5.38. The van der Waals surface area contributed by atoms with Crippen molar-refractivity contribution >= 4 is 11.9 Å². The van der Waals surface area contributed by atoms with E-state index in [1.54, 1.807) is 0 Å². The minimum Gasteiger partial charge on any atom is -0.480 e. The lowest BCUT2D eigenvalue weighted by atomic mass is 9.69. The van der Waals surface area contributed by atoms with Gasteiger partial charge in [0, 0.05) is 13.1 Å². The van der Waals surface area contributed by atoms with Crippen LogP contribution in [0.1, 0.15) is 32.1 Å². The lowest BCUT2D eigenvalue weighted by Gasteiger charge is -2.52. The highest BCUT2D eigenvalue weighted by Crippen LogP contribution is 2.43. The van der Waals surface area contributed by atoms with Crippen molar-refractivity contribution in [2.75, 3.05) is 26.2 Å². The molecule has 5 heteroatoms. The number of carbonyl (C=O) groups is 2. The van der Waals surface area contributed by atoms with Crippen LogP contribution in [0, 0.1) is 5.41 Å². The van der Waals surface area contributed by atoms with E-state index in [0.29, 0.717) is 12.0 Å². The van der Waals surface area contributed by atoms with Gasteiger partial charge in [0.05, 0.1) is 6.54 Å². The van der Waals surface area contributed by atoms with Gasteiger partial charge in [-0.15, -0.1) is 0 Å². The van der Waals surface area contributed by atoms with E-state index in [1.165, 1.54) is 32.1 Å². The smallest absolute Gasteiger partial charge is 0.322 e. The monoisotopic (exact) mass is 240 g/mol. The summed E-state index contributed by atoms with van der Waals surface area (Å²) in [6, 6.07) is 0. The first-order chi connectivity index (χ1) is 8.10. The van der Waals surface area contributed by atoms with Crippen molar-refractivity contribution in [2.24, 2.45) is 5.41 Å². The first-order valence-electron chi connectivity index (χ1n) is 6.31. The van der Waals surface area contributed by atoms with Gasteiger partial charge in [-0.05, 0) is 18.3 Å². The van der Waals surface area contributed by atoms with E-state index in [2.05, 4.69) is 10.2 Å². The lowest BCUT2D eigenvalue weighted by Crippen LogP contribution is -2.59. The summed E-state index contributed by atoms with van der Waals surface area (Å²) in [4.78, 5) is 23.8. The molecule has 2 rings (SSSR count). The topological polar surface area (TPSA) is 69.6 Å². The second kappa shape index (κ2) is 5.04. The fourth-order valence-corrected chi connectivity index (χ4v) is 3.07. The van der Waals surface area contributed by atoms with Crippen molar-refractivity contribution in [3.05, 3.63) is 0 Å². The van der Waals surface area contributed by atoms with Gasteiger partial charge in [0.1, 0.15) is 6.54 Å². The standard InChI is InChI=1S/C12H20N2O3/c15-10(13-6-11(16)17)7-14-8-12(9-14)4-2-1-3-5-12/h1-9H2,(H,13,15)(H,16,17). The Labute approximate surface area is 101 Å². The molecule has 17 heavy (non-hydrogen) atoms. The number of rotatable bonds is 4. The Bertz CT molecular complexity index is 303. The van der Waals surface area contributed by atoms with Crippen LogP contribution in [0.5, 0.6) is 0 Å². The SMILES string of the molecule is O=C(O)CNC(=O)CN1CC2(CCCCC2)C1. The number of nitrogens with zero attached hydrogens (tertiary/aromatic N) is 1. The summed E-state index contributed by atoms with van der Waals surface area (Å²) < 4.78 is 0. The zero-order valence-electron chi connectivity index (χ0n) is 10.1. The van der Waals surface area contributed by atoms with Crippen LogP contribution in [0.25, 0.3) is 0 Å². The molecule has 0 aromatic heterocycles. The van der Waals surface area contributed by atoms with Crippen LogP contribution < -0.4 is 5.32 Å². The molecule has 1 saturated carbocycles. The van der Waals surface area contributed by atoms with E-state index < -0.39 is 5.97 Å². The maximum Gasteiger partial charge on any atom is 0.322 e. The minimum atomic E-state index is -0.995. The highest BCUT2D eigenvalue weighted by molar-refractivity contribution is 5.82. The maximum atomic E-state index is 11.4. The third kappa shape index (κ3) is 3.19. The Balaban J connectivity index is 1.66. The van der Waals surface area contributed by atoms with Crippen molar-refractivity contribution in [1.29, 1.82) is 0 Å². The van der Waals surface area contributed by atoms with Crippen LogP contribution in [0.2, 0.25) is 0 Å². The van der Waals surface area contributed by atoms with E-state index >= 15 is 0 Å². The second-order valence-corrected chi connectivity index (χ2v) is 5.38. The fourth-order valence-electron chi connectivity index (χ4n) is 3.07. The molecule has 1 heterocycles. The molecule has 1 amide bonds. The molecule has 0 atom stereocenters. The Morgan fingerprint density at radius 3 is 2.41 bits per heavy atom. The van der Waals surface area contributed by atoms with E-state index in [1.807, 2.05) is 0 Å². The molecular weight excluding hydrogens is 220 g/mol. The van der Waals surface area contributed by atoms with Gasteiger partial charge >= 0.3 is 5.97 Å². The normalized spacial score (nSPS) is 23.1. The van der Waals surface area contributed by atoms with Crippen molar-refractivity contribution in [3.8, 4) is 0 Å². The fraction of sp³-hybridized carbons (Fsp3) is 0.833. The Hall–Kier alpha value is -1.10. The zero-order chi connectivity index (χ0) is 12.3. The summed E-state index contributed by atoms with van der Waals surface area (Å²) >= 11 is 0. The van der Waals surface area contributed by atoms with Gasteiger partial charge in [-0.3, -0.25) is 14.5 Å². The number of carbonyl (C=O) groups excluding carboxylic acids is 1. The van der Waals surface area contributed by atoms with Crippen molar-refractivity contribution in [2.45, 2.75) is 32.1 Å². The van der Waals surface area contributed by atoms with Gasteiger partial charge in [-0.25, -0.2) is 0 Å². The zero-order valence-corrected chi connectivity index (χ0v) is 10.1. The summed E-state index contributed by atoms with van der Waals surface area (Å²) in [5.41, 5.74) is 0.478. The van der Waals surface area contributed by atoms with Gasteiger partial charge in [-0.2, -0.15) is 0 Å². The maximum absolute atomic E-state index is 11.4. The predicted molar refractivity (Wildman–Crippen MR) is 62.6 cm³/mol. The molecule has 2 fully saturated rings.